The number of hydrogen-bond acceptors (Lipinski definition) is 0. The lowest BCUT2D eigenvalue weighted by Gasteiger charge is -2.26. The van der Waals surface area contributed by atoms with Gasteiger partial charge in [0, 0.05) is 5.56 Å². The minimum atomic E-state index is -2.42. The lowest BCUT2D eigenvalue weighted by Crippen LogP contribution is -2.13. The zero-order valence-corrected chi connectivity index (χ0v) is 16.3. The summed E-state index contributed by atoms with van der Waals surface area (Å²) in [4.78, 5) is 0. The number of hydrogen-bond donors (Lipinski definition) is 0. The van der Waals surface area contributed by atoms with Gasteiger partial charge in [0.05, 0.1) is 6.67 Å². The van der Waals surface area contributed by atoms with Crippen molar-refractivity contribution in [2.24, 2.45) is 11.8 Å². The standard InChI is InChI=1S/C25H29F3/c26-18-2-1-3-19-4-6-20(7-5-19)8-9-21-10-12-22(13-11-21)23-14-16-24(17-15-23)25(27)28/h1,3,10-17,19-20,25H,2,4-9,18H2/b3-1+/t19-,20-. The molecular weight excluding hydrogens is 357 g/mol. The zero-order valence-electron chi connectivity index (χ0n) is 16.3. The van der Waals surface area contributed by atoms with Gasteiger partial charge < -0.3 is 0 Å². The van der Waals surface area contributed by atoms with Gasteiger partial charge in [-0.15, -0.1) is 0 Å². The molecular formula is C25H29F3. The summed E-state index contributed by atoms with van der Waals surface area (Å²) >= 11 is 0. The fourth-order valence-electron chi connectivity index (χ4n) is 4.08. The average Bonchev–Trinajstić information content (AvgIpc) is 2.74. The highest BCUT2D eigenvalue weighted by Crippen LogP contribution is 2.32. The second-order valence-electron chi connectivity index (χ2n) is 7.84. The number of benzene rings is 2. The van der Waals surface area contributed by atoms with Crippen LogP contribution in [0.3, 0.4) is 0 Å². The van der Waals surface area contributed by atoms with E-state index in [-0.39, 0.29) is 12.2 Å². The third kappa shape index (κ3) is 5.98. The maximum atomic E-state index is 12.7. The SMILES string of the molecule is FCC/C=C/[C@H]1CC[C@H](CCc2ccc(-c3ccc(C(F)F)cc3)cc2)CC1. The average molecular weight is 387 g/mol. The quantitative estimate of drug-likeness (QED) is 0.404. The van der Waals surface area contributed by atoms with Gasteiger partial charge in [-0.2, -0.15) is 0 Å². The Balaban J connectivity index is 1.46. The van der Waals surface area contributed by atoms with E-state index in [1.54, 1.807) is 12.1 Å². The molecule has 1 aliphatic rings. The van der Waals surface area contributed by atoms with Gasteiger partial charge in [0.25, 0.3) is 6.43 Å². The molecule has 28 heavy (non-hydrogen) atoms. The molecule has 0 heterocycles. The van der Waals surface area contributed by atoms with Crippen LogP contribution in [0.2, 0.25) is 0 Å². The molecule has 1 aliphatic carbocycles. The highest BCUT2D eigenvalue weighted by Gasteiger charge is 2.19. The van der Waals surface area contributed by atoms with E-state index in [1.165, 1.54) is 49.8 Å². The number of allylic oxidation sites excluding steroid dienone is 2. The Kier molecular flexibility index (Phi) is 7.76. The Morgan fingerprint density at radius 3 is 2.04 bits per heavy atom. The first kappa shape index (κ1) is 20.7. The van der Waals surface area contributed by atoms with Crippen LogP contribution in [0.25, 0.3) is 11.1 Å². The smallest absolute Gasteiger partial charge is 0.251 e. The first-order chi connectivity index (χ1) is 13.7. The van der Waals surface area contributed by atoms with E-state index >= 15 is 0 Å². The molecule has 0 aromatic heterocycles. The predicted octanol–water partition coefficient (Wildman–Crippen LogP) is 7.95. The van der Waals surface area contributed by atoms with E-state index in [0.29, 0.717) is 12.3 Å². The van der Waals surface area contributed by atoms with Gasteiger partial charge >= 0.3 is 0 Å². The van der Waals surface area contributed by atoms with Crippen molar-refractivity contribution in [2.75, 3.05) is 6.67 Å². The van der Waals surface area contributed by atoms with Crippen molar-refractivity contribution in [1.29, 1.82) is 0 Å². The Morgan fingerprint density at radius 2 is 1.46 bits per heavy atom. The molecule has 0 N–H and O–H groups in total. The normalized spacial score (nSPS) is 20.1. The number of alkyl halides is 3. The molecule has 3 rings (SSSR count). The van der Waals surface area contributed by atoms with Gasteiger partial charge in [-0.1, -0.05) is 60.7 Å². The van der Waals surface area contributed by atoms with Crippen LogP contribution in [0.4, 0.5) is 13.2 Å². The van der Waals surface area contributed by atoms with E-state index in [9.17, 15) is 13.2 Å². The Bertz CT molecular complexity index is 723. The fourth-order valence-corrected chi connectivity index (χ4v) is 4.08. The lowest BCUT2D eigenvalue weighted by atomic mass is 9.79. The van der Waals surface area contributed by atoms with Gasteiger partial charge in [0.2, 0.25) is 0 Å². The van der Waals surface area contributed by atoms with Crippen molar-refractivity contribution in [3.8, 4) is 11.1 Å². The van der Waals surface area contributed by atoms with Crippen LogP contribution in [0.1, 0.15) is 56.1 Å². The van der Waals surface area contributed by atoms with Crippen molar-refractivity contribution >= 4 is 0 Å². The van der Waals surface area contributed by atoms with Crippen LogP contribution in [0.15, 0.2) is 60.7 Å². The summed E-state index contributed by atoms with van der Waals surface area (Å²) in [5, 5.41) is 0. The summed E-state index contributed by atoms with van der Waals surface area (Å²) < 4.78 is 37.5. The lowest BCUT2D eigenvalue weighted by molar-refractivity contribution is 0.151. The molecule has 0 bridgehead atoms. The first-order valence-corrected chi connectivity index (χ1v) is 10.4. The van der Waals surface area contributed by atoms with Crippen molar-refractivity contribution in [3.05, 3.63) is 71.8 Å². The number of rotatable bonds is 8. The molecule has 0 radical (unpaired) electrons. The second kappa shape index (κ2) is 10.5. The van der Waals surface area contributed by atoms with Crippen LogP contribution in [0.5, 0.6) is 0 Å². The van der Waals surface area contributed by atoms with Gasteiger partial charge in [0.15, 0.2) is 0 Å². The molecule has 0 amide bonds. The van der Waals surface area contributed by atoms with Gasteiger partial charge in [0.1, 0.15) is 0 Å². The third-order valence-electron chi connectivity index (χ3n) is 5.87. The highest BCUT2D eigenvalue weighted by molar-refractivity contribution is 5.64. The van der Waals surface area contributed by atoms with Crippen LogP contribution >= 0.6 is 0 Å². The third-order valence-corrected chi connectivity index (χ3v) is 5.87. The van der Waals surface area contributed by atoms with Crippen molar-refractivity contribution in [1.82, 2.24) is 0 Å². The molecule has 150 valence electrons. The molecule has 0 atom stereocenters. The minimum Gasteiger partial charge on any atom is -0.251 e. The molecule has 0 unspecified atom stereocenters. The topological polar surface area (TPSA) is 0 Å². The minimum absolute atomic E-state index is 0.0630. The van der Waals surface area contributed by atoms with E-state index in [2.05, 4.69) is 30.3 Å². The number of halogens is 3. The Morgan fingerprint density at radius 1 is 0.857 bits per heavy atom. The molecule has 0 nitrogen and oxygen atoms in total. The van der Waals surface area contributed by atoms with Gasteiger partial charge in [-0.05, 0) is 73.5 Å². The molecule has 0 aliphatic heterocycles. The highest BCUT2D eigenvalue weighted by atomic mass is 19.3. The van der Waals surface area contributed by atoms with Crippen LogP contribution in [-0.2, 0) is 6.42 Å². The molecule has 0 saturated heterocycles. The largest absolute Gasteiger partial charge is 0.263 e. The van der Waals surface area contributed by atoms with E-state index in [1.807, 2.05) is 6.08 Å². The monoisotopic (exact) mass is 386 g/mol. The van der Waals surface area contributed by atoms with Gasteiger partial charge in [-0.25, -0.2) is 8.78 Å². The van der Waals surface area contributed by atoms with Crippen molar-refractivity contribution in [3.63, 3.8) is 0 Å². The molecule has 0 spiro atoms. The Labute approximate surface area is 166 Å². The summed E-state index contributed by atoms with van der Waals surface area (Å²) in [6.07, 6.45) is 9.60. The maximum Gasteiger partial charge on any atom is 0.263 e. The van der Waals surface area contributed by atoms with E-state index in [0.717, 1.165) is 23.5 Å². The summed E-state index contributed by atoms with van der Waals surface area (Å²) in [7, 11) is 0. The van der Waals surface area contributed by atoms with Crippen LogP contribution < -0.4 is 0 Å². The molecule has 2 aromatic rings. The van der Waals surface area contributed by atoms with Crippen LogP contribution in [-0.4, -0.2) is 6.67 Å². The second-order valence-corrected chi connectivity index (χ2v) is 7.84. The summed E-state index contributed by atoms with van der Waals surface area (Å²) in [6.45, 7) is -0.258. The van der Waals surface area contributed by atoms with Crippen LogP contribution in [0, 0.1) is 11.8 Å². The van der Waals surface area contributed by atoms with E-state index < -0.39 is 6.43 Å². The first-order valence-electron chi connectivity index (χ1n) is 10.4. The Hall–Kier alpha value is -2.03. The molecule has 1 saturated carbocycles. The number of aryl methyl sites for hydroxylation is 1. The zero-order chi connectivity index (χ0) is 19.8. The molecule has 3 heteroatoms. The van der Waals surface area contributed by atoms with Crippen molar-refractivity contribution < 1.29 is 13.2 Å². The van der Waals surface area contributed by atoms with Gasteiger partial charge in [-0.3, -0.25) is 4.39 Å². The summed E-state index contributed by atoms with van der Waals surface area (Å²) in [5.74, 6) is 1.42. The maximum absolute atomic E-state index is 12.7. The molecule has 2 aromatic carbocycles. The molecule has 1 fully saturated rings. The predicted molar refractivity (Wildman–Crippen MR) is 110 cm³/mol. The van der Waals surface area contributed by atoms with E-state index in [4.69, 9.17) is 0 Å². The fraction of sp³-hybridized carbons (Fsp3) is 0.440. The summed E-state index contributed by atoms with van der Waals surface area (Å²) in [6, 6.07) is 15.0. The van der Waals surface area contributed by atoms with Crippen molar-refractivity contribution in [2.45, 2.75) is 51.4 Å². The summed E-state index contributed by atoms with van der Waals surface area (Å²) in [5.41, 5.74) is 3.42.